The van der Waals surface area contributed by atoms with E-state index in [-0.39, 0.29) is 140 Å². The smallest absolute Gasteiger partial charge is 0.663 e. The largest absolute Gasteiger partial charge is 2.00 e. The quantitative estimate of drug-likeness (QED) is 0.0601. The minimum absolute atomic E-state index is 0. The number of halogens is 8. The molecule has 0 saturated heterocycles. The van der Waals surface area contributed by atoms with E-state index in [0.29, 0.717) is 73.3 Å². The summed E-state index contributed by atoms with van der Waals surface area (Å²) in [6.45, 7) is 16.0. The number of alkyl halides is 3. The average Bonchev–Trinajstić information content (AvgIpc) is 1.43. The van der Waals surface area contributed by atoms with Gasteiger partial charge in [0.25, 0.3) is 0 Å². The number of imidazole rings is 4. The zero-order valence-electron chi connectivity index (χ0n) is 80.7. The maximum absolute atomic E-state index is 14.8. The molecule has 0 spiro atoms. The first-order valence-electron chi connectivity index (χ1n) is 45.7. The van der Waals surface area contributed by atoms with Crippen molar-refractivity contribution in [1.82, 2.24) is 68.1 Å². The number of carbonyl (C=O) groups is 1. The van der Waals surface area contributed by atoms with Gasteiger partial charge in [-0.1, -0.05) is 270 Å². The topological polar surface area (TPSA) is 205 Å². The Balaban J connectivity index is 0.000000146. The number of rotatable bonds is 13. The standard InChI is InChI=1S/C32H23F2N5.C30H21F3N5O.C30H23N3.C26H20F3N3.4Pt/c1-32(2,23-13-12-22(33)17-25(23)34)24-8-7-11-28-29(24)37-31(39(28)4)21-15-19(18-35)14-20(16-21)30-36-26-9-5-6-10-27(26)38(30)3;1-37-24-13-7-6-12-23(24)35-27(37)18-15-19(17-20(16-18)30(31,32)33)28-36-26-22(11-8-14-25(26)38(28)2)29(39)34-21-9-4-3-5-10-21;1-30(2,26-13-8-12-23(19-26)22-10-4-3-5-11-22)29-16-9-15-28(33-29)25-18-24(20-31-21-25)27-14-6-7-17-32-27;1-25(2)18-9-5-7-16(30-18)14-13-15(23(28)24(29)22(14)27)17-8-6-10-19(31-17)26(3,4)21-12-11-20(25)32-21;;;;/h5-12,14-15,17H,1-4H3;3-14,16-17H,1-2H3,(H,34,39);3-12,14-17,19-21H,1-2H3;5-12H,1-4H3;;;;/q-2;-1;2*-2;4*+2/p-1. The molecule has 1 aliphatic heterocycles. The first kappa shape index (κ1) is 107. The van der Waals surface area contributed by atoms with Crippen LogP contribution in [0.5, 0.6) is 0 Å². The van der Waals surface area contributed by atoms with E-state index in [1.54, 1.807) is 127 Å². The molecule has 1 aliphatic rings. The Morgan fingerprint density at radius 2 is 0.912 bits per heavy atom. The summed E-state index contributed by atoms with van der Waals surface area (Å²) in [5.41, 5.74) is 16.8. The molecule has 147 heavy (non-hydrogen) atoms. The average molecular weight is 2680 g/mol. The predicted molar refractivity (Wildman–Crippen MR) is 538 cm³/mol. The number of benzene rings is 11. The minimum Gasteiger partial charge on any atom is -0.663 e. The molecule has 22 rings (SSSR count). The minimum atomic E-state index is -4.61. The Labute approximate surface area is 901 Å². The van der Waals surface area contributed by atoms with Crippen molar-refractivity contribution in [2.45, 2.75) is 83.2 Å². The van der Waals surface area contributed by atoms with E-state index in [2.05, 4.69) is 134 Å². The van der Waals surface area contributed by atoms with E-state index in [9.17, 15) is 45.2 Å². The number of pyridine rings is 5. The van der Waals surface area contributed by atoms with Crippen LogP contribution in [0.4, 0.5) is 40.8 Å². The zero-order chi connectivity index (χ0) is 100. The molecule has 0 fully saturated rings. The van der Waals surface area contributed by atoms with Gasteiger partial charge in [-0.3, -0.25) is 57.4 Å². The Bertz CT molecular complexity index is 8470. The van der Waals surface area contributed by atoms with Crippen LogP contribution >= 0.6 is 0 Å². The summed E-state index contributed by atoms with van der Waals surface area (Å²) >= 11 is 0. The van der Waals surface area contributed by atoms with Crippen molar-refractivity contribution in [3.05, 3.63) is 436 Å². The molecule has 0 atom stereocenters. The van der Waals surface area contributed by atoms with Crippen molar-refractivity contribution < 1.29 is 124 Å². The van der Waals surface area contributed by atoms with Gasteiger partial charge in [-0.05, 0) is 101 Å². The van der Waals surface area contributed by atoms with Crippen molar-refractivity contribution in [3.8, 4) is 108 Å². The normalized spacial score (nSPS) is 12.3. The summed E-state index contributed by atoms with van der Waals surface area (Å²) in [4.78, 5) is 59.9. The fourth-order valence-corrected chi connectivity index (χ4v) is 17.9. The fraction of sp³-hybridized carbons (Fsp3) is 0.144. The number of hydrogen-bond acceptors (Lipinski definition) is 11. The predicted octanol–water partition coefficient (Wildman–Crippen LogP) is 27.1. The zero-order valence-corrected chi connectivity index (χ0v) is 89.8. The van der Waals surface area contributed by atoms with Gasteiger partial charge >= 0.3 is 90.4 Å². The third-order valence-corrected chi connectivity index (χ3v) is 26.1. The number of nitrogens with zero attached hydrogens (tertiary/aromatic N) is 16. The van der Waals surface area contributed by atoms with Crippen molar-refractivity contribution >= 4 is 55.7 Å². The van der Waals surface area contributed by atoms with Gasteiger partial charge in [0, 0.05) is 108 Å². The van der Waals surface area contributed by atoms with Crippen LogP contribution in [-0.4, -0.2) is 69.0 Å². The van der Waals surface area contributed by atoms with Gasteiger partial charge in [0.2, 0.25) is 0 Å². The van der Waals surface area contributed by atoms with Crippen molar-refractivity contribution in [2.24, 2.45) is 28.2 Å². The first-order valence-corrected chi connectivity index (χ1v) is 45.7. The molecule has 21 aromatic rings. The third kappa shape index (κ3) is 21.1. The molecule has 0 aliphatic carbocycles. The Morgan fingerprint density at radius 1 is 0.435 bits per heavy atom. The molecule has 1 amide bonds. The summed E-state index contributed by atoms with van der Waals surface area (Å²) in [5, 5.41) is 14.0. The van der Waals surface area contributed by atoms with Crippen LogP contribution in [0.15, 0.2) is 304 Å². The fourth-order valence-electron chi connectivity index (χ4n) is 17.9. The van der Waals surface area contributed by atoms with Gasteiger partial charge in [-0.25, -0.2) is 4.39 Å². The number of amides is 1. The van der Waals surface area contributed by atoms with E-state index in [1.807, 2.05) is 198 Å². The monoisotopic (exact) mass is 2670 g/mol. The van der Waals surface area contributed by atoms with Crippen LogP contribution < -0.4 is 4.98 Å². The summed E-state index contributed by atoms with van der Waals surface area (Å²) in [6.07, 6.45) is 0.748. The summed E-state index contributed by atoms with van der Waals surface area (Å²) < 4.78 is 122. The number of fused-ring (bicyclic) bond motifs is 14. The van der Waals surface area contributed by atoms with E-state index < -0.39 is 63.0 Å². The van der Waals surface area contributed by atoms with Crippen LogP contribution in [-0.2, 0) is 140 Å². The van der Waals surface area contributed by atoms with Gasteiger partial charge in [-0.15, -0.1) is 88.9 Å². The third-order valence-electron chi connectivity index (χ3n) is 26.1. The second kappa shape index (κ2) is 43.3. The number of para-hydroxylation sites is 7. The van der Waals surface area contributed by atoms with Crippen LogP contribution in [0.25, 0.3) is 151 Å². The van der Waals surface area contributed by atoms with Gasteiger partial charge in [0.05, 0.1) is 91.0 Å². The maximum Gasteiger partial charge on any atom is 2.00 e. The van der Waals surface area contributed by atoms with Gasteiger partial charge in [0.15, 0.2) is 0 Å². The molecule has 0 radical (unpaired) electrons. The Kier molecular flexibility index (Phi) is 31.4. The number of nitriles is 1. The second-order valence-corrected chi connectivity index (χ2v) is 36.8. The van der Waals surface area contributed by atoms with E-state index in [4.69, 9.17) is 19.9 Å². The van der Waals surface area contributed by atoms with Gasteiger partial charge < -0.3 is 38.3 Å². The SMILES string of the molecule is CC(C)(c1[c-]ccc(-c2ccccc2)c1)c1cccc(-c2[c-]c(-c3ccccn3)cnc2)n1.CC1(C)c2cccc(n2)-c2[c-]c(c(F)c(F)c2F)-c2cccc(n2)C(C)(C)c2ccc1[n-]2.Cn1c(-c2[c-]c(-c3nc4c(C(=O)[N-]c5ccccc5)cccc4n3C)cc(C(F)(F)F)c2)nc2ccccc21.Cn1c(-c2[c-]c(-c3nc4c(C(C)(C)c5[c-]cc(F)cc5F)cccc4n3C)cc(C#N)c2)nc2ccccc21.[Pt+2].[Pt+2].[Pt+2].[Pt+2]. The molecule has 11 aromatic carbocycles. The molecule has 0 N–H and O–H groups in total. The van der Waals surface area contributed by atoms with Crippen molar-refractivity contribution in [1.29, 1.82) is 5.26 Å². The second-order valence-electron chi connectivity index (χ2n) is 36.8. The number of hydrogen-bond donors (Lipinski definition) is 0. The first-order chi connectivity index (χ1) is 68.6. The molecule has 0 unspecified atom stereocenters. The Morgan fingerprint density at radius 3 is 1.46 bits per heavy atom. The van der Waals surface area contributed by atoms with E-state index in [0.717, 1.165) is 97.1 Å². The molecule has 10 aromatic heterocycles. The van der Waals surface area contributed by atoms with Gasteiger partial charge in [0.1, 0.15) is 5.82 Å². The molecule has 8 bridgehead atoms. The van der Waals surface area contributed by atoms with Crippen LogP contribution in [0.3, 0.4) is 0 Å². The summed E-state index contributed by atoms with van der Waals surface area (Å²) in [6, 6.07) is 106. The molecule has 17 nitrogen and oxygen atoms in total. The van der Waals surface area contributed by atoms with Crippen LogP contribution in [0, 0.1) is 76.8 Å². The van der Waals surface area contributed by atoms with Crippen molar-refractivity contribution in [2.75, 3.05) is 0 Å². The number of carbonyl (C=O) groups excluding carboxylic acids is 1. The van der Waals surface area contributed by atoms with E-state index >= 15 is 0 Å². The molecule has 29 heteroatoms. The molecule has 0 saturated carbocycles. The number of aryl methyl sites for hydroxylation is 4. The Hall–Kier alpha value is -14.5. The van der Waals surface area contributed by atoms with Crippen LogP contribution in [0.2, 0.25) is 0 Å². The summed E-state index contributed by atoms with van der Waals surface area (Å²) in [5.74, 6) is -4.17. The maximum atomic E-state index is 14.8. The van der Waals surface area contributed by atoms with Gasteiger partial charge in [-0.2, -0.15) is 54.3 Å². The number of aromatic nitrogens is 14. The summed E-state index contributed by atoms with van der Waals surface area (Å²) in [7, 11) is 7.28. The van der Waals surface area contributed by atoms with Crippen LogP contribution in [0.1, 0.15) is 122 Å². The van der Waals surface area contributed by atoms with E-state index in [1.165, 1.54) is 11.1 Å². The molecule has 740 valence electrons. The molecule has 11 heterocycles. The van der Waals surface area contributed by atoms with Crippen molar-refractivity contribution in [3.63, 3.8) is 0 Å². The molecular formula is C118H86F8N16OPt4. The molecular weight excluding hydrogens is 2590 g/mol.